The third-order valence-electron chi connectivity index (χ3n) is 7.11. The maximum atomic E-state index is 13.6. The minimum absolute atomic E-state index is 0.0469. The predicted molar refractivity (Wildman–Crippen MR) is 150 cm³/mol. The molecule has 1 atom stereocenters. The van der Waals surface area contributed by atoms with Crippen LogP contribution in [0.25, 0.3) is 22.2 Å². The van der Waals surface area contributed by atoms with Gasteiger partial charge in [0.2, 0.25) is 5.91 Å². The van der Waals surface area contributed by atoms with Gasteiger partial charge in [-0.05, 0) is 42.2 Å². The number of H-pyrrole nitrogens is 1. The number of aromatic amines is 1. The lowest BCUT2D eigenvalue weighted by atomic mass is 9.97. The monoisotopic (exact) mass is 531 g/mol. The molecule has 0 bridgehead atoms. The first-order valence-corrected chi connectivity index (χ1v) is 13.1. The molecule has 2 amide bonds. The molecule has 8 nitrogen and oxygen atoms in total. The van der Waals surface area contributed by atoms with Crippen LogP contribution >= 0.6 is 11.6 Å². The molecule has 0 spiro atoms. The van der Waals surface area contributed by atoms with E-state index < -0.39 is 12.0 Å². The molecule has 9 heteroatoms. The quantitative estimate of drug-likeness (QED) is 0.312. The Morgan fingerprint density at radius 1 is 1.08 bits per heavy atom. The minimum Gasteiger partial charge on any atom is -0.465 e. The molecule has 0 radical (unpaired) electrons. The van der Waals surface area contributed by atoms with E-state index in [0.29, 0.717) is 37.6 Å². The number of nitrogens with zero attached hydrogens (tertiary/aromatic N) is 3. The van der Waals surface area contributed by atoms with Gasteiger partial charge >= 0.3 is 6.09 Å². The molecule has 0 saturated carbocycles. The highest BCUT2D eigenvalue weighted by Gasteiger charge is 2.30. The number of benzene rings is 2. The lowest BCUT2D eigenvalue weighted by Gasteiger charge is -2.38. The van der Waals surface area contributed by atoms with E-state index in [1.807, 2.05) is 47.6 Å². The number of aromatic nitrogens is 2. The molecule has 38 heavy (non-hydrogen) atoms. The van der Waals surface area contributed by atoms with E-state index in [-0.39, 0.29) is 12.5 Å². The third-order valence-corrected chi connectivity index (χ3v) is 7.36. The number of nitrogens with one attached hydrogen (secondary N) is 2. The number of hydrogen-bond acceptors (Lipinski definition) is 4. The van der Waals surface area contributed by atoms with Crippen molar-refractivity contribution in [3.8, 4) is 11.1 Å². The van der Waals surface area contributed by atoms with E-state index in [0.717, 1.165) is 39.0 Å². The molecule has 2 aromatic heterocycles. The number of carbonyl (C=O) groups is 2. The summed E-state index contributed by atoms with van der Waals surface area (Å²) in [5.74, 6) is -0.549. The zero-order chi connectivity index (χ0) is 26.6. The van der Waals surface area contributed by atoms with Crippen molar-refractivity contribution in [2.75, 3.05) is 37.6 Å². The molecule has 3 N–H and O–H groups in total. The Balaban J connectivity index is 1.37. The van der Waals surface area contributed by atoms with Crippen LogP contribution in [0, 0.1) is 12.8 Å². The molecule has 196 valence electrons. The zero-order valence-electron chi connectivity index (χ0n) is 21.2. The van der Waals surface area contributed by atoms with E-state index in [9.17, 15) is 9.59 Å². The second-order valence-corrected chi connectivity index (χ2v) is 10.0. The number of carbonyl (C=O) groups excluding carboxylic acids is 1. The lowest BCUT2D eigenvalue weighted by Crippen LogP contribution is -2.52. The van der Waals surface area contributed by atoms with E-state index in [1.165, 1.54) is 0 Å². The zero-order valence-corrected chi connectivity index (χ0v) is 21.9. The highest BCUT2D eigenvalue weighted by molar-refractivity contribution is 6.30. The van der Waals surface area contributed by atoms with Gasteiger partial charge in [0.15, 0.2) is 0 Å². The Bertz CT molecular complexity index is 1430. The molecule has 3 heterocycles. The summed E-state index contributed by atoms with van der Waals surface area (Å²) in [6.07, 6.45) is 3.19. The fourth-order valence-electron chi connectivity index (χ4n) is 5.16. The summed E-state index contributed by atoms with van der Waals surface area (Å²) in [4.78, 5) is 36.9. The van der Waals surface area contributed by atoms with Crippen LogP contribution in [-0.4, -0.2) is 64.7 Å². The largest absolute Gasteiger partial charge is 0.465 e. The van der Waals surface area contributed by atoms with Crippen LogP contribution < -0.4 is 10.2 Å². The summed E-state index contributed by atoms with van der Waals surface area (Å²) in [7, 11) is 0. The Kier molecular flexibility index (Phi) is 7.51. The Labute approximate surface area is 226 Å². The van der Waals surface area contributed by atoms with Crippen LogP contribution in [0.3, 0.4) is 0 Å². The first kappa shape index (κ1) is 25.6. The molecule has 4 aromatic rings. The third kappa shape index (κ3) is 5.45. The number of amides is 2. The van der Waals surface area contributed by atoms with Gasteiger partial charge in [0, 0.05) is 61.1 Å². The molecule has 2 aromatic carbocycles. The summed E-state index contributed by atoms with van der Waals surface area (Å²) in [5, 5.41) is 13.3. The van der Waals surface area contributed by atoms with Gasteiger partial charge in [-0.2, -0.15) is 0 Å². The van der Waals surface area contributed by atoms with Gasteiger partial charge in [-0.15, -0.1) is 0 Å². The maximum absolute atomic E-state index is 13.6. The molecule has 1 aliphatic heterocycles. The lowest BCUT2D eigenvalue weighted by molar-refractivity contribution is -0.135. The number of carboxylic acid groups (broad SMARTS) is 1. The molecule has 1 saturated heterocycles. The average molecular weight is 532 g/mol. The van der Waals surface area contributed by atoms with Crippen molar-refractivity contribution in [1.29, 1.82) is 0 Å². The van der Waals surface area contributed by atoms with E-state index in [4.69, 9.17) is 16.7 Å². The van der Waals surface area contributed by atoms with Gasteiger partial charge in [-0.1, -0.05) is 54.1 Å². The van der Waals surface area contributed by atoms with Crippen molar-refractivity contribution in [2.45, 2.75) is 13.3 Å². The molecular weight excluding hydrogens is 502 g/mol. The number of halogens is 1. The normalized spacial score (nSPS) is 14.5. The van der Waals surface area contributed by atoms with Gasteiger partial charge in [0.25, 0.3) is 0 Å². The molecule has 1 unspecified atom stereocenters. The number of hydrogen-bond donors (Lipinski definition) is 3. The van der Waals surface area contributed by atoms with Crippen molar-refractivity contribution in [3.05, 3.63) is 83.1 Å². The van der Waals surface area contributed by atoms with Crippen LogP contribution in [0.4, 0.5) is 10.5 Å². The van der Waals surface area contributed by atoms with Gasteiger partial charge in [0.1, 0.15) is 5.65 Å². The van der Waals surface area contributed by atoms with Crippen LogP contribution in [-0.2, 0) is 11.2 Å². The number of aryl methyl sites for hydroxylation is 1. The SMILES string of the molecule is Cc1c[nH]c2ncc(-c3ccccc3)c(N3CCN(C(=O)C(CNC(=O)O)Cc4ccc(Cl)cc4)CC3)c12. The van der Waals surface area contributed by atoms with Crippen LogP contribution in [0.1, 0.15) is 11.1 Å². The molecule has 1 fully saturated rings. The molecule has 5 rings (SSSR count). The smallest absolute Gasteiger partial charge is 0.404 e. The average Bonchev–Trinajstić information content (AvgIpc) is 3.32. The fourth-order valence-corrected chi connectivity index (χ4v) is 5.29. The maximum Gasteiger partial charge on any atom is 0.404 e. The Morgan fingerprint density at radius 2 is 1.79 bits per heavy atom. The number of fused-ring (bicyclic) bond motifs is 1. The summed E-state index contributed by atoms with van der Waals surface area (Å²) in [5.41, 5.74) is 6.19. The van der Waals surface area contributed by atoms with Gasteiger partial charge in [-0.3, -0.25) is 4.79 Å². The molecule has 1 aliphatic rings. The summed E-state index contributed by atoms with van der Waals surface area (Å²) >= 11 is 6.01. The first-order valence-electron chi connectivity index (χ1n) is 12.7. The van der Waals surface area contributed by atoms with Crippen LogP contribution in [0.2, 0.25) is 5.02 Å². The van der Waals surface area contributed by atoms with Crippen molar-refractivity contribution in [2.24, 2.45) is 5.92 Å². The van der Waals surface area contributed by atoms with E-state index in [2.05, 4.69) is 39.2 Å². The van der Waals surface area contributed by atoms with Crippen molar-refractivity contribution >= 4 is 40.3 Å². The second kappa shape index (κ2) is 11.1. The highest BCUT2D eigenvalue weighted by atomic mass is 35.5. The van der Waals surface area contributed by atoms with E-state index in [1.54, 1.807) is 12.1 Å². The molecule has 0 aliphatic carbocycles. The summed E-state index contributed by atoms with van der Waals surface area (Å²) < 4.78 is 0. The Hall–Kier alpha value is -4.04. The molecular formula is C29H30ClN5O3. The highest BCUT2D eigenvalue weighted by Crippen LogP contribution is 2.38. The summed E-state index contributed by atoms with van der Waals surface area (Å²) in [6.45, 7) is 4.55. The Morgan fingerprint density at radius 3 is 2.47 bits per heavy atom. The summed E-state index contributed by atoms with van der Waals surface area (Å²) in [6, 6.07) is 17.5. The van der Waals surface area contributed by atoms with Crippen molar-refractivity contribution in [3.63, 3.8) is 0 Å². The fraction of sp³-hybridized carbons (Fsp3) is 0.276. The van der Waals surface area contributed by atoms with Crippen molar-refractivity contribution < 1.29 is 14.7 Å². The van der Waals surface area contributed by atoms with Crippen LogP contribution in [0.5, 0.6) is 0 Å². The predicted octanol–water partition coefficient (Wildman–Crippen LogP) is 4.97. The topological polar surface area (TPSA) is 102 Å². The van der Waals surface area contributed by atoms with Crippen molar-refractivity contribution in [1.82, 2.24) is 20.2 Å². The van der Waals surface area contributed by atoms with Gasteiger partial charge < -0.3 is 25.2 Å². The number of anilines is 1. The first-order chi connectivity index (χ1) is 18.4. The van der Waals surface area contributed by atoms with Crippen LogP contribution in [0.15, 0.2) is 67.0 Å². The van der Waals surface area contributed by atoms with E-state index >= 15 is 0 Å². The van der Waals surface area contributed by atoms with Gasteiger partial charge in [-0.25, -0.2) is 9.78 Å². The minimum atomic E-state index is -1.14. The second-order valence-electron chi connectivity index (χ2n) is 9.61. The number of rotatable bonds is 7. The van der Waals surface area contributed by atoms with Gasteiger partial charge in [0.05, 0.1) is 11.6 Å². The number of pyridine rings is 1. The standard InChI is InChI=1S/C29H30ClN5O3/c1-19-16-31-27-25(19)26(24(18-32-27)21-5-3-2-4-6-21)34-11-13-35(14-12-34)28(36)22(17-33-29(37)38)15-20-7-9-23(30)10-8-20/h2-10,16,18,22,33H,11-15,17H2,1H3,(H,31,32)(H,37,38). The number of piperazine rings is 1.